The van der Waals surface area contributed by atoms with Gasteiger partial charge in [0.2, 0.25) is 15.9 Å². The Bertz CT molecular complexity index is 918. The van der Waals surface area contributed by atoms with Crippen LogP contribution in [0.15, 0.2) is 42.5 Å². The van der Waals surface area contributed by atoms with Crippen LogP contribution in [0.1, 0.15) is 5.56 Å². The summed E-state index contributed by atoms with van der Waals surface area (Å²) in [4.78, 5) is 12.4. The van der Waals surface area contributed by atoms with Crippen LogP contribution in [0.3, 0.4) is 0 Å². The zero-order valence-corrected chi connectivity index (χ0v) is 16.8. The summed E-state index contributed by atoms with van der Waals surface area (Å²) in [5, 5.41) is 3.09. The van der Waals surface area contributed by atoms with E-state index in [1.165, 1.54) is 14.2 Å². The Labute approximate surface area is 163 Å². The van der Waals surface area contributed by atoms with Gasteiger partial charge in [0.1, 0.15) is 0 Å². The summed E-state index contributed by atoms with van der Waals surface area (Å²) in [7, 11) is -0.628. The molecule has 0 aliphatic carbocycles. The highest BCUT2D eigenvalue weighted by Gasteiger charge is 2.21. The van der Waals surface area contributed by atoms with Gasteiger partial charge >= 0.3 is 0 Å². The molecular weight excluding hydrogens is 392 g/mol. The van der Waals surface area contributed by atoms with Crippen LogP contribution in [0.4, 0.5) is 5.69 Å². The molecule has 7 nitrogen and oxygen atoms in total. The fraction of sp³-hybridized carbons (Fsp3) is 0.278. The van der Waals surface area contributed by atoms with E-state index in [0.717, 1.165) is 10.6 Å². The maximum Gasteiger partial charge on any atom is 0.239 e. The smallest absolute Gasteiger partial charge is 0.239 e. The molecule has 0 aliphatic heterocycles. The van der Waals surface area contributed by atoms with E-state index in [1.54, 1.807) is 42.5 Å². The van der Waals surface area contributed by atoms with Crippen molar-refractivity contribution in [2.45, 2.75) is 6.54 Å². The normalized spacial score (nSPS) is 11.3. The largest absolute Gasteiger partial charge is 0.493 e. The Morgan fingerprint density at radius 1 is 1.11 bits per heavy atom. The monoisotopic (exact) mass is 412 g/mol. The first-order chi connectivity index (χ1) is 12.7. The van der Waals surface area contributed by atoms with Crippen LogP contribution in [0.25, 0.3) is 0 Å². The van der Waals surface area contributed by atoms with Crippen molar-refractivity contribution in [3.8, 4) is 11.5 Å². The molecule has 0 saturated heterocycles. The minimum Gasteiger partial charge on any atom is -0.493 e. The second-order valence-corrected chi connectivity index (χ2v) is 8.13. The molecule has 0 atom stereocenters. The van der Waals surface area contributed by atoms with E-state index in [-0.39, 0.29) is 13.1 Å². The van der Waals surface area contributed by atoms with Gasteiger partial charge in [0.05, 0.1) is 27.0 Å². The highest BCUT2D eigenvalue weighted by molar-refractivity contribution is 7.88. The van der Waals surface area contributed by atoms with Gasteiger partial charge in [0, 0.05) is 23.3 Å². The molecule has 0 aromatic heterocycles. The van der Waals surface area contributed by atoms with Crippen molar-refractivity contribution in [3.05, 3.63) is 53.1 Å². The van der Waals surface area contributed by atoms with Gasteiger partial charge in [-0.3, -0.25) is 4.79 Å². The molecule has 1 N–H and O–H groups in total. The minimum atomic E-state index is -3.62. The Morgan fingerprint density at radius 3 is 2.37 bits per heavy atom. The number of amides is 1. The highest BCUT2D eigenvalue weighted by Crippen LogP contribution is 2.29. The molecule has 0 heterocycles. The third kappa shape index (κ3) is 5.85. The van der Waals surface area contributed by atoms with Crippen molar-refractivity contribution in [1.29, 1.82) is 0 Å². The molecule has 0 radical (unpaired) electrons. The standard InChI is InChI=1S/C18H21ClN2O5S/c1-25-16-9-8-14(10-17(16)26-2)20-18(22)12-21(27(3,23)24)11-13-6-4-5-7-15(13)19/h4-10H,11-12H2,1-3H3,(H,20,22). The molecule has 2 rings (SSSR count). The Morgan fingerprint density at radius 2 is 1.78 bits per heavy atom. The summed E-state index contributed by atoms with van der Waals surface area (Å²) in [5.74, 6) is 0.484. The lowest BCUT2D eigenvalue weighted by Crippen LogP contribution is -2.37. The van der Waals surface area contributed by atoms with E-state index in [2.05, 4.69) is 5.32 Å². The van der Waals surface area contributed by atoms with Gasteiger partial charge in [0.15, 0.2) is 11.5 Å². The fourth-order valence-electron chi connectivity index (χ4n) is 2.38. The number of benzene rings is 2. The summed E-state index contributed by atoms with van der Waals surface area (Å²) < 4.78 is 35.6. The highest BCUT2D eigenvalue weighted by atomic mass is 35.5. The third-order valence-corrected chi connectivity index (χ3v) is 5.33. The number of methoxy groups -OCH3 is 2. The van der Waals surface area contributed by atoms with Gasteiger partial charge in [-0.2, -0.15) is 4.31 Å². The topological polar surface area (TPSA) is 84.9 Å². The molecular formula is C18H21ClN2O5S. The lowest BCUT2D eigenvalue weighted by molar-refractivity contribution is -0.116. The van der Waals surface area contributed by atoms with Gasteiger partial charge in [-0.15, -0.1) is 0 Å². The van der Waals surface area contributed by atoms with Crippen molar-refractivity contribution in [1.82, 2.24) is 4.31 Å². The van der Waals surface area contributed by atoms with Gasteiger partial charge in [0.25, 0.3) is 0 Å². The van der Waals surface area contributed by atoms with E-state index in [0.29, 0.717) is 27.8 Å². The summed E-state index contributed by atoms with van der Waals surface area (Å²) in [5.41, 5.74) is 1.08. The number of sulfonamides is 1. The number of halogens is 1. The number of rotatable bonds is 8. The number of hydrogen-bond donors (Lipinski definition) is 1. The predicted molar refractivity (Wildman–Crippen MR) is 105 cm³/mol. The summed E-state index contributed by atoms with van der Waals surface area (Å²) in [6.07, 6.45) is 1.05. The number of anilines is 1. The molecule has 2 aromatic rings. The second kappa shape index (κ2) is 9.07. The van der Waals surface area contributed by atoms with Gasteiger partial charge < -0.3 is 14.8 Å². The van der Waals surface area contributed by atoms with Crippen LogP contribution >= 0.6 is 11.6 Å². The Kier molecular flexibility index (Phi) is 7.06. The fourth-order valence-corrected chi connectivity index (χ4v) is 3.30. The first-order valence-electron chi connectivity index (χ1n) is 7.95. The Hall–Kier alpha value is -2.29. The van der Waals surface area contributed by atoms with Crippen molar-refractivity contribution < 1.29 is 22.7 Å². The molecule has 0 bridgehead atoms. The number of nitrogens with zero attached hydrogens (tertiary/aromatic N) is 1. The SMILES string of the molecule is COc1ccc(NC(=O)CN(Cc2ccccc2Cl)S(C)(=O)=O)cc1OC. The first-order valence-corrected chi connectivity index (χ1v) is 10.2. The molecule has 0 unspecified atom stereocenters. The summed E-state index contributed by atoms with van der Waals surface area (Å²) >= 11 is 6.10. The number of ether oxygens (including phenoxy) is 2. The maximum absolute atomic E-state index is 12.4. The van der Waals surface area contributed by atoms with Crippen molar-refractivity contribution in [2.75, 3.05) is 32.3 Å². The van der Waals surface area contributed by atoms with Crippen molar-refractivity contribution >= 4 is 33.2 Å². The van der Waals surface area contributed by atoms with Gasteiger partial charge in [-0.05, 0) is 23.8 Å². The first kappa shape index (κ1) is 21.0. The zero-order valence-electron chi connectivity index (χ0n) is 15.2. The van der Waals surface area contributed by atoms with Crippen LogP contribution in [0, 0.1) is 0 Å². The predicted octanol–water partition coefficient (Wildman–Crippen LogP) is 2.76. The van der Waals surface area contributed by atoms with Gasteiger partial charge in [-0.1, -0.05) is 29.8 Å². The molecule has 146 valence electrons. The molecule has 27 heavy (non-hydrogen) atoms. The lowest BCUT2D eigenvalue weighted by atomic mass is 10.2. The van der Waals surface area contributed by atoms with Gasteiger partial charge in [-0.25, -0.2) is 8.42 Å². The van der Waals surface area contributed by atoms with Crippen LogP contribution in [0.2, 0.25) is 5.02 Å². The summed E-state index contributed by atoms with van der Waals surface area (Å²) in [6, 6.07) is 11.8. The quantitative estimate of drug-likeness (QED) is 0.720. The molecule has 0 aliphatic rings. The second-order valence-electron chi connectivity index (χ2n) is 5.74. The summed E-state index contributed by atoms with van der Waals surface area (Å²) in [6.45, 7) is -0.351. The molecule has 0 spiro atoms. The van der Waals surface area contributed by atoms with E-state index in [1.807, 2.05) is 0 Å². The molecule has 2 aromatic carbocycles. The zero-order chi connectivity index (χ0) is 20.0. The van der Waals surface area contributed by atoms with E-state index >= 15 is 0 Å². The molecule has 0 fully saturated rings. The van der Waals surface area contributed by atoms with E-state index in [4.69, 9.17) is 21.1 Å². The number of carbonyl (C=O) groups excluding carboxylic acids is 1. The van der Waals surface area contributed by atoms with Crippen LogP contribution in [0.5, 0.6) is 11.5 Å². The number of carbonyl (C=O) groups is 1. The minimum absolute atomic E-state index is 0.00212. The average molecular weight is 413 g/mol. The number of hydrogen-bond acceptors (Lipinski definition) is 5. The lowest BCUT2D eigenvalue weighted by Gasteiger charge is -2.20. The van der Waals surface area contributed by atoms with E-state index < -0.39 is 15.9 Å². The molecule has 9 heteroatoms. The molecule has 0 saturated carbocycles. The van der Waals surface area contributed by atoms with E-state index in [9.17, 15) is 13.2 Å². The van der Waals surface area contributed by atoms with Crippen molar-refractivity contribution in [2.24, 2.45) is 0 Å². The average Bonchev–Trinajstić information content (AvgIpc) is 2.62. The van der Waals surface area contributed by atoms with Crippen molar-refractivity contribution in [3.63, 3.8) is 0 Å². The van der Waals surface area contributed by atoms with Crippen LogP contribution < -0.4 is 14.8 Å². The number of nitrogens with one attached hydrogen (secondary N) is 1. The maximum atomic E-state index is 12.4. The van der Waals surface area contributed by atoms with Crippen LogP contribution in [-0.2, 0) is 21.4 Å². The third-order valence-electron chi connectivity index (χ3n) is 3.76. The Balaban J connectivity index is 2.14. The molecule has 1 amide bonds. The van der Waals surface area contributed by atoms with Crippen LogP contribution in [-0.4, -0.2) is 45.7 Å².